The van der Waals surface area contributed by atoms with E-state index in [-0.39, 0.29) is 11.7 Å². The zero-order valence-corrected chi connectivity index (χ0v) is 18.3. The summed E-state index contributed by atoms with van der Waals surface area (Å²) in [7, 11) is 0. The molecule has 162 valence electrons. The van der Waals surface area contributed by atoms with Crippen molar-refractivity contribution in [3.8, 4) is 11.4 Å². The normalized spacial score (nSPS) is 14.0. The van der Waals surface area contributed by atoms with Crippen LogP contribution in [-0.4, -0.2) is 56.5 Å². The Morgan fingerprint density at radius 1 is 1.13 bits per heavy atom. The first-order valence-corrected chi connectivity index (χ1v) is 11.5. The summed E-state index contributed by atoms with van der Waals surface area (Å²) in [6.45, 7) is 5.78. The van der Waals surface area contributed by atoms with E-state index >= 15 is 0 Å². The number of nitrogens with zero attached hydrogens (tertiary/aromatic N) is 5. The SMILES string of the molecule is CCOc1ccccc1-n1nnnc1SCC(=O)Nc1ccc(CN2CCCC2)cc1. The molecule has 1 amide bonds. The molecule has 9 heteroatoms. The average Bonchev–Trinajstić information content (AvgIpc) is 3.46. The summed E-state index contributed by atoms with van der Waals surface area (Å²) < 4.78 is 7.26. The number of aromatic nitrogens is 4. The monoisotopic (exact) mass is 438 g/mol. The molecule has 0 spiro atoms. The highest BCUT2D eigenvalue weighted by atomic mass is 32.2. The lowest BCUT2D eigenvalue weighted by Gasteiger charge is -2.14. The van der Waals surface area contributed by atoms with Crippen molar-refractivity contribution in [3.05, 3.63) is 54.1 Å². The van der Waals surface area contributed by atoms with E-state index in [4.69, 9.17) is 4.74 Å². The molecule has 1 aliphatic heterocycles. The third-order valence-electron chi connectivity index (χ3n) is 5.01. The number of anilines is 1. The van der Waals surface area contributed by atoms with Gasteiger partial charge in [-0.2, -0.15) is 4.68 Å². The van der Waals surface area contributed by atoms with Crippen molar-refractivity contribution < 1.29 is 9.53 Å². The van der Waals surface area contributed by atoms with Crippen molar-refractivity contribution in [2.24, 2.45) is 0 Å². The second-order valence-electron chi connectivity index (χ2n) is 7.29. The molecular weight excluding hydrogens is 412 g/mol. The van der Waals surface area contributed by atoms with Crippen LogP contribution in [0.2, 0.25) is 0 Å². The van der Waals surface area contributed by atoms with Gasteiger partial charge in [0.05, 0.1) is 12.4 Å². The molecule has 1 aliphatic rings. The third kappa shape index (κ3) is 5.62. The van der Waals surface area contributed by atoms with E-state index in [1.54, 1.807) is 4.68 Å². The maximum absolute atomic E-state index is 12.4. The van der Waals surface area contributed by atoms with Crippen LogP contribution in [0.3, 0.4) is 0 Å². The van der Waals surface area contributed by atoms with Crippen LogP contribution in [-0.2, 0) is 11.3 Å². The third-order valence-corrected chi connectivity index (χ3v) is 5.93. The van der Waals surface area contributed by atoms with E-state index in [1.165, 1.54) is 43.3 Å². The van der Waals surface area contributed by atoms with Gasteiger partial charge >= 0.3 is 0 Å². The van der Waals surface area contributed by atoms with Gasteiger partial charge in [0, 0.05) is 12.2 Å². The zero-order valence-electron chi connectivity index (χ0n) is 17.5. The highest BCUT2D eigenvalue weighted by Crippen LogP contribution is 2.26. The number of likely N-dealkylation sites (tertiary alicyclic amines) is 1. The van der Waals surface area contributed by atoms with E-state index in [2.05, 4.69) is 37.9 Å². The number of ether oxygens (including phenoxy) is 1. The number of amides is 1. The Kier molecular flexibility index (Phi) is 7.16. The Hall–Kier alpha value is -2.91. The van der Waals surface area contributed by atoms with Gasteiger partial charge in [-0.3, -0.25) is 9.69 Å². The van der Waals surface area contributed by atoms with Crippen LogP contribution in [0.15, 0.2) is 53.7 Å². The van der Waals surface area contributed by atoms with Crippen LogP contribution < -0.4 is 10.1 Å². The number of nitrogens with one attached hydrogen (secondary N) is 1. The number of carbonyl (C=O) groups excluding carboxylic acids is 1. The van der Waals surface area contributed by atoms with E-state index in [1.807, 2.05) is 43.3 Å². The topological polar surface area (TPSA) is 85.2 Å². The molecule has 0 unspecified atom stereocenters. The fourth-order valence-corrected chi connectivity index (χ4v) is 4.23. The minimum atomic E-state index is -0.107. The number of tetrazole rings is 1. The zero-order chi connectivity index (χ0) is 21.5. The minimum Gasteiger partial charge on any atom is -0.492 e. The number of rotatable bonds is 9. The van der Waals surface area contributed by atoms with E-state index < -0.39 is 0 Å². The fourth-order valence-electron chi connectivity index (χ4n) is 3.55. The first-order valence-electron chi connectivity index (χ1n) is 10.5. The van der Waals surface area contributed by atoms with Gasteiger partial charge < -0.3 is 10.1 Å². The Morgan fingerprint density at radius 3 is 2.68 bits per heavy atom. The first-order chi connectivity index (χ1) is 15.2. The van der Waals surface area contributed by atoms with Gasteiger partial charge in [0.1, 0.15) is 11.4 Å². The number of carbonyl (C=O) groups is 1. The van der Waals surface area contributed by atoms with Crippen LogP contribution in [0.5, 0.6) is 5.75 Å². The molecule has 4 rings (SSSR count). The highest BCUT2D eigenvalue weighted by Gasteiger charge is 2.15. The number of para-hydroxylation sites is 2. The largest absolute Gasteiger partial charge is 0.492 e. The summed E-state index contributed by atoms with van der Waals surface area (Å²) >= 11 is 1.28. The van der Waals surface area contributed by atoms with Crippen molar-refractivity contribution in [3.63, 3.8) is 0 Å². The van der Waals surface area contributed by atoms with Crippen LogP contribution in [0.25, 0.3) is 5.69 Å². The Morgan fingerprint density at radius 2 is 1.90 bits per heavy atom. The Bertz CT molecular complexity index is 1000. The predicted octanol–water partition coefficient (Wildman–Crippen LogP) is 3.39. The molecule has 3 aromatic rings. The van der Waals surface area contributed by atoms with Crippen molar-refractivity contribution >= 4 is 23.4 Å². The quantitative estimate of drug-likeness (QED) is 0.513. The first kappa shape index (κ1) is 21.3. The van der Waals surface area contributed by atoms with Crippen LogP contribution in [0.1, 0.15) is 25.3 Å². The summed E-state index contributed by atoms with van der Waals surface area (Å²) in [6.07, 6.45) is 2.57. The molecule has 0 radical (unpaired) electrons. The van der Waals surface area contributed by atoms with E-state index in [9.17, 15) is 4.79 Å². The number of hydrogen-bond donors (Lipinski definition) is 1. The molecule has 0 bridgehead atoms. The van der Waals surface area contributed by atoms with Crippen molar-refractivity contribution in [2.75, 3.05) is 30.8 Å². The molecular formula is C22H26N6O2S. The minimum absolute atomic E-state index is 0.107. The number of thioether (sulfide) groups is 1. The number of benzene rings is 2. The van der Waals surface area contributed by atoms with Gasteiger partial charge in [0.2, 0.25) is 11.1 Å². The molecule has 1 N–H and O–H groups in total. The standard InChI is InChI=1S/C22H26N6O2S/c1-2-30-20-8-4-3-7-19(20)28-22(24-25-26-28)31-16-21(29)23-18-11-9-17(10-12-18)15-27-13-5-6-14-27/h3-4,7-12H,2,5-6,13-16H2,1H3,(H,23,29). The second kappa shape index (κ2) is 10.4. The maximum Gasteiger partial charge on any atom is 0.234 e. The van der Waals surface area contributed by atoms with Crippen LogP contribution >= 0.6 is 11.8 Å². The van der Waals surface area contributed by atoms with Gasteiger partial charge in [-0.25, -0.2) is 0 Å². The molecule has 1 saturated heterocycles. The molecule has 2 heterocycles. The Balaban J connectivity index is 1.33. The predicted molar refractivity (Wildman–Crippen MR) is 121 cm³/mol. The van der Waals surface area contributed by atoms with Crippen molar-refractivity contribution in [1.82, 2.24) is 25.1 Å². The summed E-state index contributed by atoms with van der Waals surface area (Å²) in [5.41, 5.74) is 2.80. The van der Waals surface area contributed by atoms with Crippen LogP contribution in [0.4, 0.5) is 5.69 Å². The average molecular weight is 439 g/mol. The maximum atomic E-state index is 12.4. The lowest BCUT2D eigenvalue weighted by molar-refractivity contribution is -0.113. The molecule has 0 saturated carbocycles. The molecule has 0 aliphatic carbocycles. The summed E-state index contributed by atoms with van der Waals surface area (Å²) in [4.78, 5) is 14.9. The molecule has 0 atom stereocenters. The molecule has 31 heavy (non-hydrogen) atoms. The van der Waals surface area contributed by atoms with E-state index in [0.717, 1.165) is 17.9 Å². The Labute approximate surface area is 186 Å². The smallest absolute Gasteiger partial charge is 0.234 e. The number of hydrogen-bond acceptors (Lipinski definition) is 7. The summed E-state index contributed by atoms with van der Waals surface area (Å²) in [6, 6.07) is 15.6. The van der Waals surface area contributed by atoms with Crippen molar-refractivity contribution in [2.45, 2.75) is 31.5 Å². The molecule has 8 nitrogen and oxygen atoms in total. The molecule has 1 fully saturated rings. The van der Waals surface area contributed by atoms with E-state index in [0.29, 0.717) is 17.5 Å². The molecule has 1 aromatic heterocycles. The van der Waals surface area contributed by atoms with Gasteiger partial charge in [0.15, 0.2) is 0 Å². The summed E-state index contributed by atoms with van der Waals surface area (Å²) in [5, 5.41) is 15.4. The lowest BCUT2D eigenvalue weighted by atomic mass is 10.2. The van der Waals surface area contributed by atoms with Gasteiger partial charge in [-0.15, -0.1) is 5.10 Å². The van der Waals surface area contributed by atoms with Gasteiger partial charge in [-0.05, 0) is 73.1 Å². The van der Waals surface area contributed by atoms with Gasteiger partial charge in [-0.1, -0.05) is 36.0 Å². The second-order valence-corrected chi connectivity index (χ2v) is 8.23. The molecule has 2 aromatic carbocycles. The summed E-state index contributed by atoms with van der Waals surface area (Å²) in [5.74, 6) is 0.787. The van der Waals surface area contributed by atoms with Crippen molar-refractivity contribution in [1.29, 1.82) is 0 Å². The highest BCUT2D eigenvalue weighted by molar-refractivity contribution is 7.99. The van der Waals surface area contributed by atoms with Crippen LogP contribution in [0, 0.1) is 0 Å². The van der Waals surface area contributed by atoms with Gasteiger partial charge in [0.25, 0.3) is 0 Å². The lowest BCUT2D eigenvalue weighted by Crippen LogP contribution is -2.18. The fraction of sp³-hybridized carbons (Fsp3) is 0.364.